The van der Waals surface area contributed by atoms with Crippen LogP contribution in [0.25, 0.3) is 0 Å². The zero-order chi connectivity index (χ0) is 14.9. The van der Waals surface area contributed by atoms with Crippen molar-refractivity contribution in [2.45, 2.75) is 0 Å². The largest absolute Gasteiger partial charge is 0.412 e. The van der Waals surface area contributed by atoms with E-state index < -0.39 is 6.09 Å². The van der Waals surface area contributed by atoms with Crippen LogP contribution >= 0.6 is 0 Å². The van der Waals surface area contributed by atoms with Gasteiger partial charge in [0.2, 0.25) is 0 Å². The Kier molecular flexibility index (Phi) is 5.28. The molecule has 2 rings (SSSR count). The molecule has 0 fully saturated rings. The van der Waals surface area contributed by atoms with Gasteiger partial charge in [0, 0.05) is 19.3 Å². The van der Waals surface area contributed by atoms with Gasteiger partial charge in [0.05, 0.1) is 0 Å². The number of para-hydroxylation sites is 1. The molecule has 6 heteroatoms. The number of hydrogen-bond donors (Lipinski definition) is 2. The molecule has 21 heavy (non-hydrogen) atoms. The highest BCUT2D eigenvalue weighted by molar-refractivity contribution is 5.92. The predicted octanol–water partition coefficient (Wildman–Crippen LogP) is 1.60. The number of rotatable bonds is 5. The fraction of sp³-hybridized carbons (Fsp3) is 0.133. The molecule has 0 aliphatic carbocycles. The van der Waals surface area contributed by atoms with Crippen LogP contribution in [0.5, 0.6) is 5.75 Å². The summed E-state index contributed by atoms with van der Waals surface area (Å²) in [7, 11) is 0. The number of amides is 2. The molecule has 0 atom stereocenters. The topological polar surface area (TPSA) is 80.3 Å². The molecule has 2 aromatic rings. The Morgan fingerprint density at radius 3 is 2.38 bits per heavy atom. The zero-order valence-electron chi connectivity index (χ0n) is 11.3. The molecule has 0 aliphatic heterocycles. The lowest BCUT2D eigenvalue weighted by Crippen LogP contribution is -2.36. The molecule has 1 aromatic carbocycles. The Balaban J connectivity index is 1.66. The highest BCUT2D eigenvalue weighted by Crippen LogP contribution is 2.07. The summed E-state index contributed by atoms with van der Waals surface area (Å²) in [5, 5.41) is 5.19. The molecule has 2 amide bonds. The van der Waals surface area contributed by atoms with Gasteiger partial charge in [-0.2, -0.15) is 0 Å². The summed E-state index contributed by atoms with van der Waals surface area (Å²) in [4.78, 5) is 27.1. The van der Waals surface area contributed by atoms with E-state index in [9.17, 15) is 9.59 Å². The maximum atomic E-state index is 11.7. The highest BCUT2D eigenvalue weighted by Gasteiger charge is 2.06. The van der Waals surface area contributed by atoms with E-state index in [0.717, 1.165) is 0 Å². The zero-order valence-corrected chi connectivity index (χ0v) is 11.3. The van der Waals surface area contributed by atoms with E-state index in [-0.39, 0.29) is 12.5 Å². The van der Waals surface area contributed by atoms with E-state index in [1.807, 2.05) is 6.07 Å². The van der Waals surface area contributed by atoms with Crippen LogP contribution < -0.4 is 15.4 Å². The molecule has 0 aliphatic rings. The average Bonchev–Trinajstić information content (AvgIpc) is 2.53. The van der Waals surface area contributed by atoms with E-state index in [1.165, 1.54) is 0 Å². The van der Waals surface area contributed by atoms with Crippen molar-refractivity contribution in [2.75, 3.05) is 13.1 Å². The Morgan fingerprint density at radius 2 is 1.67 bits per heavy atom. The third-order valence-electron chi connectivity index (χ3n) is 2.53. The van der Waals surface area contributed by atoms with Gasteiger partial charge >= 0.3 is 6.09 Å². The van der Waals surface area contributed by atoms with Gasteiger partial charge in [-0.3, -0.25) is 9.78 Å². The number of nitrogens with one attached hydrogen (secondary N) is 2. The number of hydrogen-bond acceptors (Lipinski definition) is 4. The summed E-state index contributed by atoms with van der Waals surface area (Å²) in [6, 6.07) is 13.8. The lowest BCUT2D eigenvalue weighted by Gasteiger charge is -2.07. The van der Waals surface area contributed by atoms with Crippen LogP contribution in [-0.4, -0.2) is 30.1 Å². The van der Waals surface area contributed by atoms with Crippen molar-refractivity contribution in [2.24, 2.45) is 0 Å². The molecule has 0 spiro atoms. The van der Waals surface area contributed by atoms with Crippen molar-refractivity contribution in [3.8, 4) is 5.75 Å². The Bertz CT molecular complexity index is 588. The van der Waals surface area contributed by atoms with Crippen molar-refractivity contribution in [3.63, 3.8) is 0 Å². The summed E-state index contributed by atoms with van der Waals surface area (Å²) in [6.07, 6.45) is 0.984. The molecule has 1 aromatic heterocycles. The first-order valence-corrected chi connectivity index (χ1v) is 6.45. The second-order valence-corrected chi connectivity index (χ2v) is 4.10. The molecule has 0 radical (unpaired) electrons. The minimum atomic E-state index is -0.562. The summed E-state index contributed by atoms with van der Waals surface area (Å²) in [5.74, 6) is 0.182. The summed E-state index contributed by atoms with van der Waals surface area (Å²) in [6.45, 7) is 0.559. The van der Waals surface area contributed by atoms with Crippen molar-refractivity contribution in [1.29, 1.82) is 0 Å². The molecule has 0 bridgehead atoms. The summed E-state index contributed by atoms with van der Waals surface area (Å²) < 4.78 is 5.03. The Morgan fingerprint density at radius 1 is 0.952 bits per heavy atom. The van der Waals surface area contributed by atoms with E-state index in [1.54, 1.807) is 48.7 Å². The number of benzene rings is 1. The maximum Gasteiger partial charge on any atom is 0.412 e. The smallest absolute Gasteiger partial charge is 0.410 e. The Labute approximate surface area is 122 Å². The minimum absolute atomic E-state index is 0.268. The molecule has 2 N–H and O–H groups in total. The van der Waals surface area contributed by atoms with E-state index in [2.05, 4.69) is 15.6 Å². The normalized spacial score (nSPS) is 9.71. The number of carbonyl (C=O) groups is 2. The number of pyridine rings is 1. The van der Waals surface area contributed by atoms with E-state index in [4.69, 9.17) is 4.74 Å². The average molecular weight is 285 g/mol. The van der Waals surface area contributed by atoms with Crippen LogP contribution in [0.2, 0.25) is 0 Å². The number of nitrogens with zero attached hydrogens (tertiary/aromatic N) is 1. The Hall–Kier alpha value is -2.89. The molecule has 108 valence electrons. The quantitative estimate of drug-likeness (QED) is 0.818. The number of aromatic nitrogens is 1. The van der Waals surface area contributed by atoms with Crippen LogP contribution in [0.4, 0.5) is 4.79 Å². The van der Waals surface area contributed by atoms with Gasteiger partial charge < -0.3 is 15.4 Å². The molecular formula is C15H15N3O3. The molecule has 0 unspecified atom stereocenters. The number of carbonyl (C=O) groups excluding carboxylic acids is 2. The SMILES string of the molecule is O=C(NCCNC(=O)c1ccccn1)Oc1ccccc1. The van der Waals surface area contributed by atoms with Crippen LogP contribution in [-0.2, 0) is 0 Å². The maximum absolute atomic E-state index is 11.7. The van der Waals surface area contributed by atoms with Gasteiger partial charge in [-0.15, -0.1) is 0 Å². The molecular weight excluding hydrogens is 270 g/mol. The van der Waals surface area contributed by atoms with Crippen molar-refractivity contribution in [1.82, 2.24) is 15.6 Å². The predicted molar refractivity (Wildman–Crippen MR) is 77.0 cm³/mol. The van der Waals surface area contributed by atoms with Gasteiger partial charge in [-0.25, -0.2) is 4.79 Å². The van der Waals surface area contributed by atoms with E-state index in [0.29, 0.717) is 18.0 Å². The first-order chi connectivity index (χ1) is 10.3. The number of ether oxygens (including phenoxy) is 1. The monoisotopic (exact) mass is 285 g/mol. The van der Waals surface area contributed by atoms with Gasteiger partial charge in [-0.1, -0.05) is 24.3 Å². The van der Waals surface area contributed by atoms with Gasteiger partial charge in [-0.05, 0) is 24.3 Å². The third kappa shape index (κ3) is 4.94. The van der Waals surface area contributed by atoms with Crippen molar-refractivity contribution < 1.29 is 14.3 Å². The van der Waals surface area contributed by atoms with Crippen LogP contribution in [0.1, 0.15) is 10.5 Å². The van der Waals surface area contributed by atoms with Crippen LogP contribution in [0, 0.1) is 0 Å². The third-order valence-corrected chi connectivity index (χ3v) is 2.53. The van der Waals surface area contributed by atoms with E-state index >= 15 is 0 Å². The summed E-state index contributed by atoms with van der Waals surface area (Å²) in [5.41, 5.74) is 0.337. The van der Waals surface area contributed by atoms with Gasteiger partial charge in [0.25, 0.3) is 5.91 Å². The first kappa shape index (κ1) is 14.5. The van der Waals surface area contributed by atoms with Gasteiger partial charge in [0.1, 0.15) is 11.4 Å². The van der Waals surface area contributed by atoms with Gasteiger partial charge in [0.15, 0.2) is 0 Å². The minimum Gasteiger partial charge on any atom is -0.410 e. The van der Waals surface area contributed by atoms with Crippen molar-refractivity contribution in [3.05, 3.63) is 60.4 Å². The molecule has 0 saturated carbocycles. The fourth-order valence-corrected chi connectivity index (χ4v) is 1.56. The molecule has 6 nitrogen and oxygen atoms in total. The van der Waals surface area contributed by atoms with Crippen molar-refractivity contribution >= 4 is 12.0 Å². The second-order valence-electron chi connectivity index (χ2n) is 4.10. The van der Waals surface area contributed by atoms with Crippen LogP contribution in [0.3, 0.4) is 0 Å². The van der Waals surface area contributed by atoms with Crippen LogP contribution in [0.15, 0.2) is 54.7 Å². The standard InChI is InChI=1S/C15H15N3O3/c19-14(13-8-4-5-9-16-13)17-10-11-18-15(20)21-12-6-2-1-3-7-12/h1-9H,10-11H2,(H,17,19)(H,18,20). The lowest BCUT2D eigenvalue weighted by atomic mass is 10.3. The fourth-order valence-electron chi connectivity index (χ4n) is 1.56. The highest BCUT2D eigenvalue weighted by atomic mass is 16.6. The second kappa shape index (κ2) is 7.64. The first-order valence-electron chi connectivity index (χ1n) is 6.45. The molecule has 1 heterocycles. The molecule has 0 saturated heterocycles. The summed E-state index contributed by atoms with van der Waals surface area (Å²) >= 11 is 0. The lowest BCUT2D eigenvalue weighted by molar-refractivity contribution is 0.0948.